The monoisotopic (exact) mass is 456 g/mol. The van der Waals surface area contributed by atoms with Crippen LogP contribution in [0.2, 0.25) is 5.02 Å². The van der Waals surface area contributed by atoms with E-state index in [1.54, 1.807) is 35.6 Å². The topological polar surface area (TPSA) is 68.3 Å². The van der Waals surface area contributed by atoms with Gasteiger partial charge in [-0.25, -0.2) is 13.4 Å². The molecule has 4 rings (SSSR count). The van der Waals surface area contributed by atoms with Crippen molar-refractivity contribution >= 4 is 38.6 Å². The van der Waals surface area contributed by atoms with Crippen LogP contribution in [0.25, 0.3) is 21.8 Å². The molecule has 1 heterocycles. The van der Waals surface area contributed by atoms with E-state index in [-0.39, 0.29) is 4.90 Å². The summed E-state index contributed by atoms with van der Waals surface area (Å²) in [7, 11) is -2.15. The molecule has 5 nitrogen and oxygen atoms in total. The molecule has 0 spiro atoms. The fourth-order valence-corrected chi connectivity index (χ4v) is 4.83. The summed E-state index contributed by atoms with van der Waals surface area (Å²) in [5, 5.41) is 3.55. The van der Waals surface area contributed by atoms with Gasteiger partial charge in [0.2, 0.25) is 0 Å². The molecule has 8 heteroatoms. The molecular weight excluding hydrogens is 440 g/mol. The Balaban J connectivity index is 1.51. The first kappa shape index (κ1) is 20.4. The van der Waals surface area contributed by atoms with Gasteiger partial charge in [-0.15, -0.1) is 11.3 Å². The van der Waals surface area contributed by atoms with Gasteiger partial charge in [-0.1, -0.05) is 35.9 Å². The number of ether oxygens (including phenoxy) is 1. The molecule has 0 saturated heterocycles. The highest BCUT2D eigenvalue weighted by atomic mass is 35.5. The molecule has 152 valence electrons. The molecule has 0 aliphatic heterocycles. The van der Waals surface area contributed by atoms with Gasteiger partial charge < -0.3 is 4.74 Å². The number of hydrogen-bond acceptors (Lipinski definition) is 5. The van der Waals surface area contributed by atoms with E-state index in [0.717, 1.165) is 21.8 Å². The van der Waals surface area contributed by atoms with Crippen molar-refractivity contribution in [2.24, 2.45) is 0 Å². The zero-order chi connectivity index (χ0) is 21.1. The van der Waals surface area contributed by atoms with Crippen LogP contribution in [0.1, 0.15) is 0 Å². The van der Waals surface area contributed by atoms with Crippen molar-refractivity contribution in [3.8, 4) is 27.6 Å². The third-order valence-electron chi connectivity index (χ3n) is 4.40. The lowest BCUT2D eigenvalue weighted by molar-refractivity contribution is 0.414. The maximum atomic E-state index is 12.6. The highest BCUT2D eigenvalue weighted by molar-refractivity contribution is 7.92. The van der Waals surface area contributed by atoms with E-state index in [1.165, 1.54) is 19.2 Å². The molecule has 0 aliphatic carbocycles. The summed E-state index contributed by atoms with van der Waals surface area (Å²) in [6, 6.07) is 20.9. The molecule has 0 atom stereocenters. The Morgan fingerprint density at radius 1 is 0.900 bits per heavy atom. The van der Waals surface area contributed by atoms with E-state index in [4.69, 9.17) is 16.3 Å². The maximum absolute atomic E-state index is 12.6. The number of benzene rings is 3. The lowest BCUT2D eigenvalue weighted by atomic mass is 10.1. The van der Waals surface area contributed by atoms with E-state index in [9.17, 15) is 8.42 Å². The van der Waals surface area contributed by atoms with Crippen molar-refractivity contribution in [3.05, 3.63) is 83.2 Å². The maximum Gasteiger partial charge on any atom is 0.261 e. The summed E-state index contributed by atoms with van der Waals surface area (Å²) in [6.45, 7) is 0. The number of hydrogen-bond donors (Lipinski definition) is 1. The van der Waals surface area contributed by atoms with Gasteiger partial charge in [-0.2, -0.15) is 0 Å². The number of thiazole rings is 1. The predicted molar refractivity (Wildman–Crippen MR) is 122 cm³/mol. The number of halogens is 1. The summed E-state index contributed by atoms with van der Waals surface area (Å²) >= 11 is 7.48. The third kappa shape index (κ3) is 4.48. The van der Waals surface area contributed by atoms with Gasteiger partial charge in [-0.05, 0) is 48.5 Å². The van der Waals surface area contributed by atoms with Crippen molar-refractivity contribution in [1.29, 1.82) is 0 Å². The Morgan fingerprint density at radius 2 is 1.53 bits per heavy atom. The molecule has 0 saturated carbocycles. The van der Waals surface area contributed by atoms with E-state index < -0.39 is 10.0 Å². The van der Waals surface area contributed by atoms with E-state index >= 15 is 0 Å². The number of nitrogens with one attached hydrogen (secondary N) is 1. The largest absolute Gasteiger partial charge is 0.497 e. The zero-order valence-corrected chi connectivity index (χ0v) is 18.3. The number of sulfonamides is 1. The van der Waals surface area contributed by atoms with Crippen LogP contribution in [-0.4, -0.2) is 20.5 Å². The fourth-order valence-electron chi connectivity index (χ4n) is 2.81. The second-order valence-corrected chi connectivity index (χ2v) is 9.38. The molecule has 0 radical (unpaired) electrons. The van der Waals surface area contributed by atoms with E-state index in [2.05, 4.69) is 9.71 Å². The van der Waals surface area contributed by atoms with Crippen LogP contribution in [0, 0.1) is 0 Å². The minimum Gasteiger partial charge on any atom is -0.497 e. The van der Waals surface area contributed by atoms with E-state index in [0.29, 0.717) is 16.5 Å². The van der Waals surface area contributed by atoms with Crippen molar-refractivity contribution < 1.29 is 13.2 Å². The molecule has 0 bridgehead atoms. The minimum atomic E-state index is -3.68. The minimum absolute atomic E-state index is 0.166. The van der Waals surface area contributed by atoms with Gasteiger partial charge in [0.15, 0.2) is 0 Å². The molecule has 0 aliphatic rings. The predicted octanol–water partition coefficient (Wildman–Crippen LogP) is 5.94. The van der Waals surface area contributed by atoms with Gasteiger partial charge in [0, 0.05) is 27.2 Å². The Labute approximate surface area is 184 Å². The molecular formula is C22H17ClN2O3S2. The van der Waals surface area contributed by atoms with Crippen LogP contribution in [0.4, 0.5) is 5.69 Å². The van der Waals surface area contributed by atoms with Gasteiger partial charge in [0.1, 0.15) is 10.8 Å². The molecule has 1 aromatic heterocycles. The van der Waals surface area contributed by atoms with E-state index in [1.807, 2.05) is 41.8 Å². The first-order valence-electron chi connectivity index (χ1n) is 8.93. The molecule has 4 aromatic rings. The smallest absolute Gasteiger partial charge is 0.261 e. The van der Waals surface area contributed by atoms with Crippen LogP contribution in [0.15, 0.2) is 83.1 Å². The van der Waals surface area contributed by atoms with Gasteiger partial charge in [0.25, 0.3) is 10.0 Å². The van der Waals surface area contributed by atoms with Gasteiger partial charge in [-0.3, -0.25) is 4.72 Å². The number of aromatic nitrogens is 1. The summed E-state index contributed by atoms with van der Waals surface area (Å²) in [6.07, 6.45) is 0. The highest BCUT2D eigenvalue weighted by Gasteiger charge is 2.14. The Bertz CT molecular complexity index is 1250. The molecule has 0 amide bonds. The summed E-state index contributed by atoms with van der Waals surface area (Å²) < 4.78 is 32.8. The molecule has 0 fully saturated rings. The molecule has 1 N–H and O–H groups in total. The number of nitrogens with zero attached hydrogens (tertiary/aromatic N) is 1. The van der Waals surface area contributed by atoms with Crippen LogP contribution in [0.5, 0.6) is 5.75 Å². The summed E-state index contributed by atoms with van der Waals surface area (Å²) in [5.74, 6) is 0.597. The number of methoxy groups -OCH3 is 1. The standard InChI is InChI=1S/C22H17ClN2O3S2/c1-28-19-10-12-20(13-11-19)30(26,27)25-18-8-4-15(5-9-18)21-14-29-22(24-21)16-2-6-17(23)7-3-16/h2-14,25H,1H3. The van der Waals surface area contributed by atoms with Crippen molar-refractivity contribution in [2.75, 3.05) is 11.8 Å². The lowest BCUT2D eigenvalue weighted by Gasteiger charge is -2.09. The summed E-state index contributed by atoms with van der Waals surface area (Å²) in [5.41, 5.74) is 3.20. The average Bonchev–Trinajstić information content (AvgIpc) is 3.25. The zero-order valence-electron chi connectivity index (χ0n) is 15.9. The average molecular weight is 457 g/mol. The van der Waals surface area contributed by atoms with Crippen LogP contribution >= 0.6 is 22.9 Å². The first-order valence-corrected chi connectivity index (χ1v) is 11.7. The van der Waals surface area contributed by atoms with Crippen molar-refractivity contribution in [1.82, 2.24) is 4.98 Å². The van der Waals surface area contributed by atoms with Gasteiger partial charge >= 0.3 is 0 Å². The second kappa shape index (κ2) is 8.47. The van der Waals surface area contributed by atoms with Crippen LogP contribution in [0.3, 0.4) is 0 Å². The van der Waals surface area contributed by atoms with Crippen LogP contribution in [-0.2, 0) is 10.0 Å². The normalized spacial score (nSPS) is 11.3. The Hall–Kier alpha value is -2.87. The summed E-state index contributed by atoms with van der Waals surface area (Å²) in [4.78, 5) is 4.84. The van der Waals surface area contributed by atoms with Crippen molar-refractivity contribution in [3.63, 3.8) is 0 Å². The number of anilines is 1. The quantitative estimate of drug-likeness (QED) is 0.390. The lowest BCUT2D eigenvalue weighted by Crippen LogP contribution is -2.12. The Morgan fingerprint density at radius 3 is 2.17 bits per heavy atom. The SMILES string of the molecule is COc1ccc(S(=O)(=O)Nc2ccc(-c3csc(-c4ccc(Cl)cc4)n3)cc2)cc1. The highest BCUT2D eigenvalue weighted by Crippen LogP contribution is 2.30. The van der Waals surface area contributed by atoms with Gasteiger partial charge in [0.05, 0.1) is 17.7 Å². The van der Waals surface area contributed by atoms with Crippen LogP contribution < -0.4 is 9.46 Å². The fraction of sp³-hybridized carbons (Fsp3) is 0.0455. The first-order chi connectivity index (χ1) is 14.4. The Kier molecular flexibility index (Phi) is 5.76. The number of rotatable bonds is 6. The molecule has 30 heavy (non-hydrogen) atoms. The third-order valence-corrected chi connectivity index (χ3v) is 6.94. The second-order valence-electron chi connectivity index (χ2n) is 6.40. The molecule has 0 unspecified atom stereocenters. The molecule has 3 aromatic carbocycles. The van der Waals surface area contributed by atoms with Crippen molar-refractivity contribution in [2.45, 2.75) is 4.90 Å².